The highest BCUT2D eigenvalue weighted by Crippen LogP contribution is 2.15. The van der Waals surface area contributed by atoms with E-state index in [1.165, 1.54) is 22.9 Å². The van der Waals surface area contributed by atoms with Crippen LogP contribution in [0.5, 0.6) is 0 Å². The first kappa shape index (κ1) is 8.77. The molecule has 4 heteroatoms. The van der Waals surface area contributed by atoms with Crippen molar-refractivity contribution >= 4 is 11.9 Å². The van der Waals surface area contributed by atoms with Gasteiger partial charge in [0, 0.05) is 13.1 Å². The van der Waals surface area contributed by atoms with Crippen LogP contribution in [0.25, 0.3) is 0 Å². The maximum atomic E-state index is 11.3. The molecular formula is C8H12N2O2. The number of carbonyl (C=O) groups excluding carboxylic acids is 2. The van der Waals surface area contributed by atoms with Gasteiger partial charge < -0.3 is 0 Å². The summed E-state index contributed by atoms with van der Waals surface area (Å²) in [6.45, 7) is 7.23. The van der Waals surface area contributed by atoms with Gasteiger partial charge in [0.1, 0.15) is 0 Å². The summed E-state index contributed by atoms with van der Waals surface area (Å²) in [7, 11) is 0. The van der Waals surface area contributed by atoms with Crippen molar-refractivity contribution in [3.05, 3.63) is 12.8 Å². The van der Waals surface area contributed by atoms with Crippen LogP contribution < -0.4 is 0 Å². The van der Waals surface area contributed by atoms with E-state index in [1.807, 2.05) is 6.92 Å². The maximum absolute atomic E-state index is 11.3. The molecule has 4 nitrogen and oxygen atoms in total. The number of hydrogen-bond donors (Lipinski definition) is 0. The molecule has 0 N–H and O–H groups in total. The van der Waals surface area contributed by atoms with Crippen molar-refractivity contribution in [2.45, 2.75) is 19.9 Å². The maximum Gasteiger partial charge on any atom is 0.331 e. The second-order valence-corrected chi connectivity index (χ2v) is 2.85. The summed E-state index contributed by atoms with van der Waals surface area (Å²) in [4.78, 5) is 24.9. The molecule has 0 bridgehead atoms. The van der Waals surface area contributed by atoms with E-state index >= 15 is 0 Å². The van der Waals surface area contributed by atoms with E-state index in [1.54, 1.807) is 0 Å². The highest BCUT2D eigenvalue weighted by Gasteiger charge is 2.34. The van der Waals surface area contributed by atoms with Crippen LogP contribution in [0.2, 0.25) is 0 Å². The quantitative estimate of drug-likeness (QED) is 0.581. The lowest BCUT2D eigenvalue weighted by atomic mass is 10.3. The Bertz CT molecular complexity index is 237. The third-order valence-corrected chi connectivity index (χ3v) is 1.95. The Morgan fingerprint density at radius 2 is 2.33 bits per heavy atom. The van der Waals surface area contributed by atoms with Crippen LogP contribution >= 0.6 is 0 Å². The molecule has 1 fully saturated rings. The molecule has 0 aromatic carbocycles. The van der Waals surface area contributed by atoms with E-state index in [2.05, 4.69) is 6.58 Å². The Balaban J connectivity index is 2.82. The zero-order valence-corrected chi connectivity index (χ0v) is 7.28. The summed E-state index contributed by atoms with van der Waals surface area (Å²) in [6, 6.07) is -0.232. The SMILES string of the molecule is C=CN1C(=O)N(C(C)=O)CC1C. The molecule has 1 atom stereocenters. The molecule has 0 aromatic rings. The number of amides is 3. The van der Waals surface area contributed by atoms with Gasteiger partial charge >= 0.3 is 6.03 Å². The van der Waals surface area contributed by atoms with Gasteiger partial charge in [0.05, 0.1) is 12.6 Å². The van der Waals surface area contributed by atoms with E-state index in [0.29, 0.717) is 6.54 Å². The second-order valence-electron chi connectivity index (χ2n) is 2.85. The van der Waals surface area contributed by atoms with Crippen molar-refractivity contribution in [2.75, 3.05) is 6.54 Å². The van der Waals surface area contributed by atoms with Gasteiger partial charge in [-0.05, 0) is 6.92 Å². The monoisotopic (exact) mass is 168 g/mol. The van der Waals surface area contributed by atoms with Gasteiger partial charge in [0.2, 0.25) is 5.91 Å². The molecule has 1 aliphatic heterocycles. The molecular weight excluding hydrogens is 156 g/mol. The van der Waals surface area contributed by atoms with Gasteiger partial charge in [-0.2, -0.15) is 0 Å². The summed E-state index contributed by atoms with van der Waals surface area (Å²) >= 11 is 0. The predicted molar refractivity (Wildman–Crippen MR) is 44.3 cm³/mol. The van der Waals surface area contributed by atoms with Gasteiger partial charge in [0.15, 0.2) is 0 Å². The van der Waals surface area contributed by atoms with Crippen LogP contribution in [0.4, 0.5) is 4.79 Å². The van der Waals surface area contributed by atoms with E-state index in [-0.39, 0.29) is 18.0 Å². The zero-order chi connectivity index (χ0) is 9.30. The fourth-order valence-electron chi connectivity index (χ4n) is 1.28. The molecule has 1 saturated heterocycles. The first-order valence-electron chi connectivity index (χ1n) is 3.81. The van der Waals surface area contributed by atoms with E-state index in [0.717, 1.165) is 0 Å². The van der Waals surface area contributed by atoms with Gasteiger partial charge in [-0.25, -0.2) is 4.79 Å². The Morgan fingerprint density at radius 1 is 1.75 bits per heavy atom. The average molecular weight is 168 g/mol. The van der Waals surface area contributed by atoms with Crippen LogP contribution in [0, 0.1) is 0 Å². The smallest absolute Gasteiger partial charge is 0.297 e. The molecule has 0 spiro atoms. The molecule has 0 saturated carbocycles. The second kappa shape index (κ2) is 2.97. The van der Waals surface area contributed by atoms with Crippen molar-refractivity contribution in [3.8, 4) is 0 Å². The lowest BCUT2D eigenvalue weighted by Crippen LogP contribution is -2.32. The van der Waals surface area contributed by atoms with Crippen molar-refractivity contribution in [1.29, 1.82) is 0 Å². The van der Waals surface area contributed by atoms with Crippen molar-refractivity contribution in [2.24, 2.45) is 0 Å². The topological polar surface area (TPSA) is 40.6 Å². The van der Waals surface area contributed by atoms with Crippen LogP contribution in [-0.2, 0) is 4.79 Å². The fourth-order valence-corrected chi connectivity index (χ4v) is 1.28. The zero-order valence-electron chi connectivity index (χ0n) is 7.28. The minimum absolute atomic E-state index is 0.0406. The summed E-state index contributed by atoms with van der Waals surface area (Å²) in [5.74, 6) is -0.212. The average Bonchev–Trinajstić information content (AvgIpc) is 2.27. The third-order valence-electron chi connectivity index (χ3n) is 1.95. The van der Waals surface area contributed by atoms with E-state index < -0.39 is 0 Å². The lowest BCUT2D eigenvalue weighted by molar-refractivity contribution is -0.125. The molecule has 0 radical (unpaired) electrons. The first-order valence-corrected chi connectivity index (χ1v) is 3.81. The highest BCUT2D eigenvalue weighted by atomic mass is 16.2. The minimum atomic E-state index is -0.273. The summed E-state index contributed by atoms with van der Waals surface area (Å²) in [6.07, 6.45) is 1.45. The third kappa shape index (κ3) is 1.20. The van der Waals surface area contributed by atoms with E-state index in [9.17, 15) is 9.59 Å². The number of carbonyl (C=O) groups is 2. The van der Waals surface area contributed by atoms with E-state index in [4.69, 9.17) is 0 Å². The molecule has 66 valence electrons. The number of urea groups is 1. The number of hydrogen-bond acceptors (Lipinski definition) is 2. The number of rotatable bonds is 1. The fraction of sp³-hybridized carbons (Fsp3) is 0.500. The molecule has 1 rings (SSSR count). The van der Waals surface area contributed by atoms with Crippen molar-refractivity contribution < 1.29 is 9.59 Å². The molecule has 0 aliphatic carbocycles. The standard InChI is InChI=1S/C8H12N2O2/c1-4-9-6(2)5-10(7(3)11)8(9)12/h4,6H,1,5H2,2-3H3. The first-order chi connectivity index (χ1) is 5.57. The normalized spacial score (nSPS) is 23.2. The highest BCUT2D eigenvalue weighted by molar-refractivity contribution is 5.95. The minimum Gasteiger partial charge on any atom is -0.297 e. The number of nitrogens with zero attached hydrogens (tertiary/aromatic N) is 2. The van der Waals surface area contributed by atoms with Gasteiger partial charge in [-0.1, -0.05) is 6.58 Å². The van der Waals surface area contributed by atoms with Gasteiger partial charge in [0.25, 0.3) is 0 Å². The molecule has 1 aliphatic rings. The summed E-state index contributed by atoms with van der Waals surface area (Å²) in [5, 5.41) is 0. The summed E-state index contributed by atoms with van der Waals surface area (Å²) < 4.78 is 0. The molecule has 12 heavy (non-hydrogen) atoms. The molecule has 1 heterocycles. The Labute approximate surface area is 71.4 Å². The van der Waals surface area contributed by atoms with Crippen LogP contribution in [0.15, 0.2) is 12.8 Å². The lowest BCUT2D eigenvalue weighted by Gasteiger charge is -2.13. The van der Waals surface area contributed by atoms with Crippen molar-refractivity contribution in [3.63, 3.8) is 0 Å². The molecule has 1 unspecified atom stereocenters. The van der Waals surface area contributed by atoms with Gasteiger partial charge in [-0.3, -0.25) is 14.6 Å². The largest absolute Gasteiger partial charge is 0.331 e. The van der Waals surface area contributed by atoms with Crippen molar-refractivity contribution in [1.82, 2.24) is 9.80 Å². The van der Waals surface area contributed by atoms with Crippen LogP contribution in [0.1, 0.15) is 13.8 Å². The van der Waals surface area contributed by atoms with Crippen LogP contribution in [0.3, 0.4) is 0 Å². The number of imide groups is 1. The Hall–Kier alpha value is -1.32. The van der Waals surface area contributed by atoms with Crippen LogP contribution in [-0.4, -0.2) is 34.3 Å². The van der Waals surface area contributed by atoms with Gasteiger partial charge in [-0.15, -0.1) is 0 Å². The molecule has 0 aromatic heterocycles. The Morgan fingerprint density at radius 3 is 2.58 bits per heavy atom. The summed E-state index contributed by atoms with van der Waals surface area (Å²) in [5.41, 5.74) is 0. The predicted octanol–water partition coefficient (Wildman–Crippen LogP) is 0.803. The molecule has 3 amide bonds. The Kier molecular flexibility index (Phi) is 2.17.